The molecule has 0 spiro atoms. The first-order valence-electron chi connectivity index (χ1n) is 18.5. The number of aromatic nitrogens is 3. The van der Waals surface area contributed by atoms with Crippen molar-refractivity contribution in [2.24, 2.45) is 0 Å². The van der Waals surface area contributed by atoms with Crippen LogP contribution < -0.4 is 0 Å². The van der Waals surface area contributed by atoms with Gasteiger partial charge in [0.2, 0.25) is 0 Å². The third kappa shape index (κ3) is 4.15. The Hall–Kier alpha value is -7.23. The fourth-order valence-corrected chi connectivity index (χ4v) is 9.08. The van der Waals surface area contributed by atoms with Crippen LogP contribution in [0, 0.1) is 0 Å². The zero-order chi connectivity index (χ0) is 35.3. The fourth-order valence-electron chi connectivity index (χ4n) is 9.08. The molecule has 12 rings (SSSR count). The van der Waals surface area contributed by atoms with Gasteiger partial charge in [0.25, 0.3) is 0 Å². The predicted molar refractivity (Wildman–Crippen MR) is 226 cm³/mol. The SMILES string of the molecule is c1ccc(-c2cccc(-n3c4ccccc4c4cc(-c5ccc6c(c5)c5ccccc5n6-c5ccc6c(c5)-c5cccc7ccnc-6c57)ccc43)c2)cc1. The van der Waals surface area contributed by atoms with Gasteiger partial charge >= 0.3 is 0 Å². The van der Waals surface area contributed by atoms with Crippen molar-refractivity contribution in [1.29, 1.82) is 0 Å². The molecule has 3 nitrogen and oxygen atoms in total. The molecule has 3 heterocycles. The molecule has 8 aromatic carbocycles. The highest BCUT2D eigenvalue weighted by Gasteiger charge is 2.24. The summed E-state index contributed by atoms with van der Waals surface area (Å²) in [5.74, 6) is 0. The second kappa shape index (κ2) is 11.1. The molecule has 0 fully saturated rings. The molecule has 0 radical (unpaired) electrons. The minimum Gasteiger partial charge on any atom is -0.309 e. The van der Waals surface area contributed by atoms with Crippen molar-refractivity contribution in [1.82, 2.24) is 14.1 Å². The first-order chi connectivity index (χ1) is 26.8. The number of hydrogen-bond donors (Lipinski definition) is 0. The van der Waals surface area contributed by atoms with Gasteiger partial charge in [0, 0.05) is 50.1 Å². The van der Waals surface area contributed by atoms with Crippen LogP contribution >= 0.6 is 0 Å². The summed E-state index contributed by atoms with van der Waals surface area (Å²) in [6.45, 7) is 0. The lowest BCUT2D eigenvalue weighted by molar-refractivity contribution is 1.18. The normalized spacial score (nSPS) is 12.1. The van der Waals surface area contributed by atoms with Gasteiger partial charge in [0.05, 0.1) is 27.8 Å². The summed E-state index contributed by atoms with van der Waals surface area (Å²) in [6.07, 6.45) is 1.93. The molecule has 250 valence electrons. The van der Waals surface area contributed by atoms with Crippen LogP contribution in [0.3, 0.4) is 0 Å². The first kappa shape index (κ1) is 29.4. The number of nitrogens with zero attached hydrogens (tertiary/aromatic N) is 3. The number of hydrogen-bond acceptors (Lipinski definition) is 1. The standard InChI is InChI=1S/C51H31N3/c1-2-10-32(11-3-1)34-13-8-14-37(28-34)53-46-18-6-4-15-39(46)44-29-35(20-24-48(44)53)36-21-25-49-45(30-36)40-16-5-7-19-47(40)54(49)38-22-23-42-43(31-38)41-17-9-12-33-26-27-52-51(42)50(33)41/h1-31H. The van der Waals surface area contributed by atoms with Crippen LogP contribution in [0.5, 0.6) is 0 Å². The maximum absolute atomic E-state index is 4.81. The van der Waals surface area contributed by atoms with Crippen molar-refractivity contribution in [2.45, 2.75) is 0 Å². The van der Waals surface area contributed by atoms with Gasteiger partial charge in [-0.3, -0.25) is 4.98 Å². The van der Waals surface area contributed by atoms with Crippen LogP contribution in [0.25, 0.3) is 110 Å². The smallest absolute Gasteiger partial charge is 0.0792 e. The number of pyridine rings is 1. The molecule has 0 atom stereocenters. The maximum atomic E-state index is 4.81. The van der Waals surface area contributed by atoms with Gasteiger partial charge in [0.15, 0.2) is 0 Å². The van der Waals surface area contributed by atoms with Gasteiger partial charge in [-0.05, 0) is 105 Å². The van der Waals surface area contributed by atoms with Gasteiger partial charge in [-0.15, -0.1) is 0 Å². The number of rotatable bonds is 4. The van der Waals surface area contributed by atoms with E-state index in [0.29, 0.717) is 0 Å². The molecule has 3 heteroatoms. The van der Waals surface area contributed by atoms with Crippen molar-refractivity contribution in [3.05, 3.63) is 188 Å². The van der Waals surface area contributed by atoms with E-state index in [-0.39, 0.29) is 0 Å². The molecule has 0 aliphatic heterocycles. The van der Waals surface area contributed by atoms with Gasteiger partial charge in [0.1, 0.15) is 0 Å². The van der Waals surface area contributed by atoms with Crippen molar-refractivity contribution in [3.8, 4) is 56.0 Å². The van der Waals surface area contributed by atoms with Crippen molar-refractivity contribution in [3.63, 3.8) is 0 Å². The Bertz CT molecular complexity index is 3320. The molecule has 0 saturated carbocycles. The quantitative estimate of drug-likeness (QED) is 0.181. The Morgan fingerprint density at radius 1 is 0.333 bits per heavy atom. The summed E-state index contributed by atoms with van der Waals surface area (Å²) >= 11 is 0. The van der Waals surface area contributed by atoms with Gasteiger partial charge in [-0.1, -0.05) is 115 Å². The van der Waals surface area contributed by atoms with Crippen molar-refractivity contribution >= 4 is 54.4 Å². The molecule has 11 aromatic rings. The second-order valence-electron chi connectivity index (χ2n) is 14.4. The van der Waals surface area contributed by atoms with Crippen LogP contribution in [0.2, 0.25) is 0 Å². The topological polar surface area (TPSA) is 22.8 Å². The molecule has 0 amide bonds. The van der Waals surface area contributed by atoms with E-state index in [1.807, 2.05) is 6.20 Å². The van der Waals surface area contributed by atoms with E-state index >= 15 is 0 Å². The molecule has 0 unspecified atom stereocenters. The molecule has 1 aliphatic rings. The Labute approximate surface area is 311 Å². The third-order valence-corrected chi connectivity index (χ3v) is 11.5. The third-order valence-electron chi connectivity index (χ3n) is 11.5. The number of benzene rings is 8. The highest BCUT2D eigenvalue weighted by atomic mass is 15.0. The average Bonchev–Trinajstić information content (AvgIpc) is 3.87. The molecular weight excluding hydrogens is 655 g/mol. The summed E-state index contributed by atoms with van der Waals surface area (Å²) < 4.78 is 4.83. The number of para-hydroxylation sites is 2. The van der Waals surface area contributed by atoms with Crippen molar-refractivity contribution < 1.29 is 0 Å². The Kier molecular flexibility index (Phi) is 6.05. The molecule has 3 aromatic heterocycles. The summed E-state index contributed by atoms with van der Waals surface area (Å²) in [7, 11) is 0. The Morgan fingerprint density at radius 3 is 1.65 bits per heavy atom. The largest absolute Gasteiger partial charge is 0.309 e. The summed E-state index contributed by atoms with van der Waals surface area (Å²) in [4.78, 5) is 4.81. The van der Waals surface area contributed by atoms with E-state index in [1.165, 1.54) is 93.3 Å². The van der Waals surface area contributed by atoms with Crippen LogP contribution in [0.1, 0.15) is 0 Å². The minimum absolute atomic E-state index is 1.08. The zero-order valence-corrected chi connectivity index (χ0v) is 29.2. The van der Waals surface area contributed by atoms with Gasteiger partial charge < -0.3 is 9.13 Å². The average molecular weight is 686 g/mol. The van der Waals surface area contributed by atoms with Crippen LogP contribution in [0.15, 0.2) is 188 Å². The first-order valence-corrected chi connectivity index (χ1v) is 18.5. The van der Waals surface area contributed by atoms with Crippen LogP contribution in [-0.2, 0) is 0 Å². The van der Waals surface area contributed by atoms with E-state index in [0.717, 1.165) is 17.1 Å². The minimum atomic E-state index is 1.08. The van der Waals surface area contributed by atoms with Crippen molar-refractivity contribution in [2.75, 3.05) is 0 Å². The molecule has 0 N–H and O–H groups in total. The van der Waals surface area contributed by atoms with Gasteiger partial charge in [-0.2, -0.15) is 0 Å². The van der Waals surface area contributed by atoms with E-state index in [1.54, 1.807) is 0 Å². The summed E-state index contributed by atoms with van der Waals surface area (Å²) in [5, 5.41) is 7.48. The molecule has 54 heavy (non-hydrogen) atoms. The van der Waals surface area contributed by atoms with Gasteiger partial charge in [-0.25, -0.2) is 0 Å². The highest BCUT2D eigenvalue weighted by Crippen LogP contribution is 2.47. The van der Waals surface area contributed by atoms with E-state index in [9.17, 15) is 0 Å². The Morgan fingerprint density at radius 2 is 0.926 bits per heavy atom. The van der Waals surface area contributed by atoms with Crippen LogP contribution in [0.4, 0.5) is 0 Å². The highest BCUT2D eigenvalue weighted by molar-refractivity contribution is 6.15. The summed E-state index contributed by atoms with van der Waals surface area (Å²) in [5.41, 5.74) is 16.8. The maximum Gasteiger partial charge on any atom is 0.0792 e. The molecule has 1 aliphatic carbocycles. The predicted octanol–water partition coefficient (Wildman–Crippen LogP) is 13.4. The second-order valence-corrected chi connectivity index (χ2v) is 14.4. The number of fused-ring (bicyclic) bond motifs is 9. The van der Waals surface area contributed by atoms with E-state index in [4.69, 9.17) is 4.98 Å². The molecular formula is C51H31N3. The van der Waals surface area contributed by atoms with E-state index < -0.39 is 0 Å². The van der Waals surface area contributed by atoms with Crippen LogP contribution in [-0.4, -0.2) is 14.1 Å². The lowest BCUT2D eigenvalue weighted by atomic mass is 10.0. The fraction of sp³-hybridized carbons (Fsp3) is 0. The zero-order valence-electron chi connectivity index (χ0n) is 29.2. The Balaban J connectivity index is 1.01. The molecule has 0 saturated heterocycles. The molecule has 0 bridgehead atoms. The lowest BCUT2D eigenvalue weighted by Gasteiger charge is -2.11. The van der Waals surface area contributed by atoms with E-state index in [2.05, 4.69) is 191 Å². The monoisotopic (exact) mass is 685 g/mol. The summed E-state index contributed by atoms with van der Waals surface area (Å²) in [6, 6.07) is 66.5. The lowest BCUT2D eigenvalue weighted by Crippen LogP contribution is -1.95.